The Balaban J connectivity index is 2.70. The minimum atomic E-state index is 0.678. The van der Waals surface area contributed by atoms with E-state index in [4.69, 9.17) is 12.2 Å². The quantitative estimate of drug-likeness (QED) is 0.767. The monoisotopic (exact) mass is 231 g/mol. The van der Waals surface area contributed by atoms with Crippen LogP contribution < -0.4 is 0 Å². The molecule has 2 rings (SSSR count). The molecule has 0 fully saturated rings. The number of rotatable bonds is 1. The highest BCUT2D eigenvalue weighted by molar-refractivity contribution is 7.71. The second-order valence-electron chi connectivity index (χ2n) is 3.82. The topological polar surface area (TPSA) is 41.6 Å². The fourth-order valence-electron chi connectivity index (χ4n) is 1.54. The lowest BCUT2D eigenvalue weighted by Gasteiger charge is -2.07. The first kappa shape index (κ1) is 11.0. The van der Waals surface area contributed by atoms with Gasteiger partial charge in [0, 0.05) is 23.7 Å². The van der Waals surface area contributed by atoms with Crippen molar-refractivity contribution in [3.63, 3.8) is 0 Å². The molecule has 0 unspecified atom stereocenters. The van der Waals surface area contributed by atoms with Crippen LogP contribution in [0.25, 0.3) is 11.3 Å². The molecular weight excluding hydrogens is 218 g/mol. The van der Waals surface area contributed by atoms with Crippen LogP contribution in [0.1, 0.15) is 17.0 Å². The summed E-state index contributed by atoms with van der Waals surface area (Å²) < 4.78 is 0.678. The molecule has 0 aliphatic heterocycles. The van der Waals surface area contributed by atoms with E-state index in [0.717, 1.165) is 28.2 Å². The second kappa shape index (κ2) is 4.14. The molecule has 0 spiro atoms. The highest BCUT2D eigenvalue weighted by Gasteiger charge is 2.07. The van der Waals surface area contributed by atoms with E-state index in [1.54, 1.807) is 6.20 Å². The Morgan fingerprint density at radius 2 is 2.00 bits per heavy atom. The molecule has 0 bridgehead atoms. The summed E-state index contributed by atoms with van der Waals surface area (Å²) in [5.41, 5.74) is 4.94. The first-order chi connectivity index (χ1) is 7.59. The molecule has 82 valence electrons. The molecule has 0 aliphatic rings. The number of nitrogens with one attached hydrogen (secondary N) is 1. The van der Waals surface area contributed by atoms with E-state index in [0.29, 0.717) is 4.64 Å². The van der Waals surface area contributed by atoms with Crippen LogP contribution in [0.15, 0.2) is 18.5 Å². The van der Waals surface area contributed by atoms with Crippen molar-refractivity contribution in [1.82, 2.24) is 15.0 Å². The van der Waals surface area contributed by atoms with Crippen LogP contribution in [0.5, 0.6) is 0 Å². The minimum Gasteiger partial charge on any atom is -0.347 e. The predicted molar refractivity (Wildman–Crippen MR) is 66.9 cm³/mol. The molecule has 3 nitrogen and oxygen atoms in total. The predicted octanol–water partition coefficient (Wildman–Crippen LogP) is 3.13. The first-order valence-electron chi connectivity index (χ1n) is 5.08. The van der Waals surface area contributed by atoms with Crippen LogP contribution >= 0.6 is 12.2 Å². The van der Waals surface area contributed by atoms with Gasteiger partial charge >= 0.3 is 0 Å². The number of H-pyrrole nitrogens is 1. The SMILES string of the molecule is Cc1cnccc1-c1nc(C)c(C)[nH]c1=S. The molecule has 0 saturated heterocycles. The van der Waals surface area contributed by atoms with Crippen molar-refractivity contribution in [2.24, 2.45) is 0 Å². The normalized spacial score (nSPS) is 10.4. The highest BCUT2D eigenvalue weighted by Crippen LogP contribution is 2.21. The van der Waals surface area contributed by atoms with Gasteiger partial charge in [-0.25, -0.2) is 4.98 Å². The Labute approximate surface area is 99.6 Å². The fraction of sp³-hybridized carbons (Fsp3) is 0.250. The van der Waals surface area contributed by atoms with E-state index >= 15 is 0 Å². The van der Waals surface area contributed by atoms with Gasteiger partial charge in [-0.15, -0.1) is 0 Å². The second-order valence-corrected chi connectivity index (χ2v) is 4.22. The molecule has 16 heavy (non-hydrogen) atoms. The van der Waals surface area contributed by atoms with Gasteiger partial charge in [-0.05, 0) is 32.4 Å². The van der Waals surface area contributed by atoms with E-state index in [1.165, 1.54) is 0 Å². The third-order valence-electron chi connectivity index (χ3n) is 2.61. The van der Waals surface area contributed by atoms with Crippen LogP contribution in [0, 0.1) is 25.4 Å². The Kier molecular flexibility index (Phi) is 2.83. The van der Waals surface area contributed by atoms with E-state index in [1.807, 2.05) is 33.0 Å². The van der Waals surface area contributed by atoms with E-state index in [2.05, 4.69) is 15.0 Å². The van der Waals surface area contributed by atoms with E-state index in [-0.39, 0.29) is 0 Å². The highest BCUT2D eigenvalue weighted by atomic mass is 32.1. The summed E-state index contributed by atoms with van der Waals surface area (Å²) in [4.78, 5) is 11.8. The molecule has 2 aromatic rings. The summed E-state index contributed by atoms with van der Waals surface area (Å²) in [7, 11) is 0. The Morgan fingerprint density at radius 1 is 1.25 bits per heavy atom. The summed E-state index contributed by atoms with van der Waals surface area (Å²) in [6.07, 6.45) is 3.58. The molecule has 0 radical (unpaired) electrons. The van der Waals surface area contributed by atoms with Crippen molar-refractivity contribution in [3.8, 4) is 11.3 Å². The Bertz CT molecular complexity index is 587. The van der Waals surface area contributed by atoms with E-state index < -0.39 is 0 Å². The molecule has 0 atom stereocenters. The maximum atomic E-state index is 5.30. The maximum absolute atomic E-state index is 5.30. The number of hydrogen-bond donors (Lipinski definition) is 1. The van der Waals surface area contributed by atoms with Crippen LogP contribution in [0.2, 0.25) is 0 Å². The Hall–Kier alpha value is -1.55. The third kappa shape index (κ3) is 1.88. The number of aromatic nitrogens is 3. The molecule has 0 saturated carbocycles. The van der Waals surface area contributed by atoms with Crippen LogP contribution in [0.4, 0.5) is 0 Å². The smallest absolute Gasteiger partial charge is 0.130 e. The largest absolute Gasteiger partial charge is 0.347 e. The zero-order valence-electron chi connectivity index (χ0n) is 9.53. The summed E-state index contributed by atoms with van der Waals surface area (Å²) in [6.45, 7) is 5.95. The van der Waals surface area contributed by atoms with Crippen molar-refractivity contribution < 1.29 is 0 Å². The molecular formula is C12H13N3S. The average molecular weight is 231 g/mol. The molecule has 0 amide bonds. The van der Waals surface area contributed by atoms with Crippen molar-refractivity contribution in [2.75, 3.05) is 0 Å². The van der Waals surface area contributed by atoms with Gasteiger partial charge in [-0.2, -0.15) is 0 Å². The number of pyridine rings is 1. The number of aromatic amines is 1. The van der Waals surface area contributed by atoms with Crippen molar-refractivity contribution in [2.45, 2.75) is 20.8 Å². The number of hydrogen-bond acceptors (Lipinski definition) is 3. The Morgan fingerprint density at radius 3 is 2.69 bits per heavy atom. The van der Waals surface area contributed by atoms with Gasteiger partial charge in [0.25, 0.3) is 0 Å². The van der Waals surface area contributed by atoms with Gasteiger partial charge in [0.05, 0.1) is 5.69 Å². The minimum absolute atomic E-state index is 0.678. The molecule has 0 aromatic carbocycles. The van der Waals surface area contributed by atoms with Gasteiger partial charge < -0.3 is 4.98 Å². The molecule has 4 heteroatoms. The lowest BCUT2D eigenvalue weighted by molar-refractivity contribution is 1.04. The first-order valence-corrected chi connectivity index (χ1v) is 5.49. The average Bonchev–Trinajstić information content (AvgIpc) is 2.25. The zero-order valence-corrected chi connectivity index (χ0v) is 10.4. The lowest BCUT2D eigenvalue weighted by atomic mass is 10.1. The van der Waals surface area contributed by atoms with Gasteiger partial charge in [-0.1, -0.05) is 12.2 Å². The van der Waals surface area contributed by atoms with Gasteiger partial charge in [0.2, 0.25) is 0 Å². The lowest BCUT2D eigenvalue weighted by Crippen LogP contribution is -1.97. The molecule has 0 aliphatic carbocycles. The van der Waals surface area contributed by atoms with Crippen molar-refractivity contribution in [3.05, 3.63) is 40.1 Å². The summed E-state index contributed by atoms with van der Waals surface area (Å²) in [5, 5.41) is 0. The molecule has 1 N–H and O–H groups in total. The summed E-state index contributed by atoms with van der Waals surface area (Å²) >= 11 is 5.30. The van der Waals surface area contributed by atoms with Crippen LogP contribution in [0.3, 0.4) is 0 Å². The standard InChI is InChI=1S/C12H13N3S/c1-7-6-13-5-4-10(7)11-12(16)15-9(3)8(2)14-11/h4-6H,1-3H3,(H,15,16). The third-order valence-corrected chi connectivity index (χ3v) is 2.91. The number of aryl methyl sites for hydroxylation is 3. The van der Waals surface area contributed by atoms with Gasteiger partial charge in [-0.3, -0.25) is 4.98 Å². The van der Waals surface area contributed by atoms with Crippen molar-refractivity contribution >= 4 is 12.2 Å². The van der Waals surface area contributed by atoms with Gasteiger partial charge in [0.15, 0.2) is 0 Å². The number of nitrogens with zero attached hydrogens (tertiary/aromatic N) is 2. The maximum Gasteiger partial charge on any atom is 0.130 e. The van der Waals surface area contributed by atoms with Crippen LogP contribution in [-0.2, 0) is 0 Å². The van der Waals surface area contributed by atoms with E-state index in [9.17, 15) is 0 Å². The van der Waals surface area contributed by atoms with Crippen LogP contribution in [-0.4, -0.2) is 15.0 Å². The van der Waals surface area contributed by atoms with Crippen molar-refractivity contribution in [1.29, 1.82) is 0 Å². The zero-order chi connectivity index (χ0) is 11.7. The summed E-state index contributed by atoms with van der Waals surface area (Å²) in [6, 6.07) is 1.94. The fourth-order valence-corrected chi connectivity index (χ4v) is 1.85. The molecule has 2 aromatic heterocycles. The molecule has 2 heterocycles. The summed E-state index contributed by atoms with van der Waals surface area (Å²) in [5.74, 6) is 0. The van der Waals surface area contributed by atoms with Gasteiger partial charge in [0.1, 0.15) is 10.3 Å².